The molecular weight excluding hydrogens is 224 g/mol. The van der Waals surface area contributed by atoms with Gasteiger partial charge in [-0.05, 0) is 26.3 Å². The Morgan fingerprint density at radius 3 is 2.62 bits per heavy atom. The molecule has 90 valence electrons. The van der Waals surface area contributed by atoms with Crippen LogP contribution in [0.25, 0.3) is 0 Å². The number of esters is 1. The highest BCUT2D eigenvalue weighted by molar-refractivity contribution is 7.80. The first-order chi connectivity index (χ1) is 7.49. The molecule has 0 aliphatic rings. The van der Waals surface area contributed by atoms with Crippen molar-refractivity contribution in [2.45, 2.75) is 20.8 Å². The zero-order valence-corrected chi connectivity index (χ0v) is 10.7. The summed E-state index contributed by atoms with van der Waals surface area (Å²) in [4.78, 5) is 11.6. The lowest BCUT2D eigenvalue weighted by Crippen LogP contribution is -2.27. The summed E-state index contributed by atoms with van der Waals surface area (Å²) >= 11 is 5.07. The normalized spacial score (nSPS) is 10.6. The van der Waals surface area contributed by atoms with Gasteiger partial charge >= 0.3 is 5.97 Å². The quantitative estimate of drug-likeness (QED) is 0.320. The zero-order valence-electron chi connectivity index (χ0n) is 9.92. The Kier molecular flexibility index (Phi) is 7.20. The van der Waals surface area contributed by atoms with Crippen molar-refractivity contribution in [1.82, 2.24) is 10.6 Å². The van der Waals surface area contributed by atoms with Crippen LogP contribution in [0, 0.1) is 0 Å². The summed E-state index contributed by atoms with van der Waals surface area (Å²) in [7, 11) is 0. The van der Waals surface area contributed by atoms with Gasteiger partial charge in [0.05, 0.1) is 0 Å². The third-order valence-electron chi connectivity index (χ3n) is 1.67. The Balaban J connectivity index is 3.90. The molecule has 0 unspecified atom stereocenters. The van der Waals surface area contributed by atoms with Gasteiger partial charge in [-0.15, -0.1) is 0 Å². The largest absolute Gasteiger partial charge is 0.441 e. The van der Waals surface area contributed by atoms with Gasteiger partial charge in [0.25, 0.3) is 0 Å². The second kappa shape index (κ2) is 7.87. The van der Waals surface area contributed by atoms with Crippen molar-refractivity contribution in [1.29, 1.82) is 0 Å². The van der Waals surface area contributed by atoms with Crippen LogP contribution in [0.5, 0.6) is 0 Å². The van der Waals surface area contributed by atoms with Crippen molar-refractivity contribution >= 4 is 23.2 Å². The molecule has 0 aromatic heterocycles. The number of hydrogen-bond acceptors (Lipinski definition) is 4. The molecule has 0 aromatic carbocycles. The van der Waals surface area contributed by atoms with Gasteiger partial charge in [0.1, 0.15) is 4.99 Å². The van der Waals surface area contributed by atoms with E-state index in [1.54, 1.807) is 6.92 Å². The summed E-state index contributed by atoms with van der Waals surface area (Å²) in [5, 5.41) is 5.85. The van der Waals surface area contributed by atoms with Gasteiger partial charge in [0, 0.05) is 18.3 Å². The Morgan fingerprint density at radius 2 is 2.12 bits per heavy atom. The highest BCUT2D eigenvalue weighted by Gasteiger charge is 2.03. The van der Waals surface area contributed by atoms with Crippen LogP contribution in [-0.4, -0.2) is 24.2 Å². The van der Waals surface area contributed by atoms with E-state index in [0.29, 0.717) is 10.6 Å². The molecule has 0 atom stereocenters. The van der Waals surface area contributed by atoms with Crippen LogP contribution in [-0.2, 0) is 9.53 Å². The fourth-order valence-corrected chi connectivity index (χ4v) is 0.868. The molecule has 0 saturated carbocycles. The van der Waals surface area contributed by atoms with E-state index in [1.165, 1.54) is 0 Å². The molecule has 0 fully saturated rings. The predicted molar refractivity (Wildman–Crippen MR) is 68.9 cm³/mol. The van der Waals surface area contributed by atoms with Crippen molar-refractivity contribution in [2.75, 3.05) is 13.3 Å². The molecule has 0 bridgehead atoms. The first-order valence-electron chi connectivity index (χ1n) is 5.00. The van der Waals surface area contributed by atoms with Crippen LogP contribution in [0.2, 0.25) is 0 Å². The van der Waals surface area contributed by atoms with E-state index < -0.39 is 5.97 Å². The molecule has 0 aliphatic heterocycles. The molecule has 0 aromatic rings. The summed E-state index contributed by atoms with van der Waals surface area (Å²) in [6.45, 7) is 9.83. The lowest BCUT2D eigenvalue weighted by Gasteiger charge is -2.09. The topological polar surface area (TPSA) is 50.4 Å². The van der Waals surface area contributed by atoms with Crippen molar-refractivity contribution < 1.29 is 9.53 Å². The molecule has 0 rings (SSSR count). The average Bonchev–Trinajstić information content (AvgIpc) is 2.25. The Hall–Kier alpha value is -1.36. The molecule has 4 nitrogen and oxygen atoms in total. The fourth-order valence-electron chi connectivity index (χ4n) is 0.751. The second-order valence-electron chi connectivity index (χ2n) is 3.25. The standard InChI is InChI=1S/C11H18N2O2S/c1-5-12-6-9(4)10(16)13-7-15-11(14)8(2)3/h6,12H,2,5,7H2,1,3-4H3,(H,13,16)/b9-6-. The molecule has 0 saturated heterocycles. The van der Waals surface area contributed by atoms with Crippen LogP contribution in [0.3, 0.4) is 0 Å². The highest BCUT2D eigenvalue weighted by atomic mass is 32.1. The fraction of sp³-hybridized carbons (Fsp3) is 0.455. The Labute approximate surface area is 102 Å². The number of nitrogens with one attached hydrogen (secondary N) is 2. The maximum Gasteiger partial charge on any atom is 0.334 e. The van der Waals surface area contributed by atoms with Crippen molar-refractivity contribution in [3.8, 4) is 0 Å². The number of ether oxygens (including phenoxy) is 1. The minimum absolute atomic E-state index is 0.0574. The van der Waals surface area contributed by atoms with Gasteiger partial charge in [-0.2, -0.15) is 0 Å². The maximum atomic E-state index is 11.0. The molecule has 0 amide bonds. The van der Waals surface area contributed by atoms with Crippen LogP contribution in [0.1, 0.15) is 20.8 Å². The molecular formula is C11H18N2O2S. The van der Waals surface area contributed by atoms with Gasteiger partial charge in [0.2, 0.25) is 0 Å². The van der Waals surface area contributed by atoms with Crippen molar-refractivity contribution in [3.63, 3.8) is 0 Å². The van der Waals surface area contributed by atoms with E-state index in [1.807, 2.05) is 20.0 Å². The molecule has 16 heavy (non-hydrogen) atoms. The molecule has 0 heterocycles. The third kappa shape index (κ3) is 6.19. The van der Waals surface area contributed by atoms with E-state index in [-0.39, 0.29) is 6.73 Å². The monoisotopic (exact) mass is 242 g/mol. The smallest absolute Gasteiger partial charge is 0.334 e. The number of carbonyl (C=O) groups excluding carboxylic acids is 1. The van der Waals surface area contributed by atoms with E-state index in [4.69, 9.17) is 17.0 Å². The molecule has 0 radical (unpaired) electrons. The van der Waals surface area contributed by atoms with Crippen molar-refractivity contribution in [2.24, 2.45) is 0 Å². The van der Waals surface area contributed by atoms with E-state index >= 15 is 0 Å². The zero-order chi connectivity index (χ0) is 12.6. The summed E-state index contributed by atoms with van der Waals surface area (Å²) in [6.07, 6.45) is 1.82. The van der Waals surface area contributed by atoms with Crippen LogP contribution in [0.15, 0.2) is 23.9 Å². The Morgan fingerprint density at radius 1 is 1.50 bits per heavy atom. The van der Waals surface area contributed by atoms with Crippen LogP contribution < -0.4 is 10.6 Å². The van der Waals surface area contributed by atoms with Crippen LogP contribution >= 0.6 is 12.2 Å². The maximum absolute atomic E-state index is 11.0. The van der Waals surface area contributed by atoms with Gasteiger partial charge in [0.15, 0.2) is 6.73 Å². The van der Waals surface area contributed by atoms with E-state index in [2.05, 4.69) is 17.2 Å². The minimum atomic E-state index is -0.427. The summed E-state index contributed by atoms with van der Waals surface area (Å²) in [5.74, 6) is -0.427. The summed E-state index contributed by atoms with van der Waals surface area (Å²) < 4.78 is 4.84. The number of hydrogen-bond donors (Lipinski definition) is 2. The lowest BCUT2D eigenvalue weighted by molar-refractivity contribution is -0.139. The van der Waals surface area contributed by atoms with Crippen molar-refractivity contribution in [3.05, 3.63) is 23.9 Å². The Bertz CT molecular complexity index is 311. The van der Waals surface area contributed by atoms with E-state index in [0.717, 1.165) is 12.1 Å². The third-order valence-corrected chi connectivity index (χ3v) is 2.13. The lowest BCUT2D eigenvalue weighted by atomic mass is 10.3. The number of rotatable bonds is 6. The average molecular weight is 242 g/mol. The van der Waals surface area contributed by atoms with E-state index in [9.17, 15) is 4.79 Å². The van der Waals surface area contributed by atoms with Gasteiger partial charge < -0.3 is 15.4 Å². The second-order valence-corrected chi connectivity index (χ2v) is 3.66. The van der Waals surface area contributed by atoms with Gasteiger partial charge in [-0.25, -0.2) is 4.79 Å². The summed E-state index contributed by atoms with van der Waals surface area (Å²) in [5.41, 5.74) is 1.26. The van der Waals surface area contributed by atoms with Gasteiger partial charge in [-0.3, -0.25) is 0 Å². The first-order valence-corrected chi connectivity index (χ1v) is 5.40. The highest BCUT2D eigenvalue weighted by Crippen LogP contribution is 1.94. The van der Waals surface area contributed by atoms with Crippen LogP contribution in [0.4, 0.5) is 0 Å². The van der Waals surface area contributed by atoms with Gasteiger partial charge in [-0.1, -0.05) is 18.8 Å². The predicted octanol–water partition coefficient (Wildman–Crippen LogP) is 1.49. The summed E-state index contributed by atoms with van der Waals surface area (Å²) in [6, 6.07) is 0. The molecule has 0 spiro atoms. The first kappa shape index (κ1) is 14.6. The molecule has 5 heteroatoms. The minimum Gasteiger partial charge on any atom is -0.441 e. The molecule has 0 aliphatic carbocycles. The SMILES string of the molecule is C=C(C)C(=O)OCNC(=S)/C(C)=C\NCC. The number of thiocarbonyl (C=S) groups is 1. The number of carbonyl (C=O) groups is 1. The molecule has 2 N–H and O–H groups in total.